The second-order valence-corrected chi connectivity index (χ2v) is 6.39. The van der Waals surface area contributed by atoms with Gasteiger partial charge in [0.15, 0.2) is 0 Å². The molecule has 0 aromatic heterocycles. The van der Waals surface area contributed by atoms with Crippen molar-refractivity contribution >= 4 is 15.9 Å². The molecule has 4 atom stereocenters. The van der Waals surface area contributed by atoms with Crippen LogP contribution in [0.1, 0.15) is 36.1 Å². The molecule has 0 radical (unpaired) electrons. The van der Waals surface area contributed by atoms with Gasteiger partial charge in [-0.05, 0) is 55.2 Å². The molecule has 0 N–H and O–H groups in total. The predicted molar refractivity (Wildman–Crippen MR) is 67.0 cm³/mol. The molecule has 0 aliphatic heterocycles. The van der Waals surface area contributed by atoms with Gasteiger partial charge in [-0.3, -0.25) is 0 Å². The predicted octanol–water partition coefficient (Wildman–Crippen LogP) is 4.84. The van der Waals surface area contributed by atoms with Crippen molar-refractivity contribution in [3.63, 3.8) is 0 Å². The first-order valence-electron chi connectivity index (χ1n) is 6.24. The largest absolute Gasteiger partial charge is 0.207 e. The van der Waals surface area contributed by atoms with Gasteiger partial charge in [0.2, 0.25) is 0 Å². The smallest absolute Gasteiger partial charge is 0.127 e. The van der Waals surface area contributed by atoms with Crippen molar-refractivity contribution in [1.29, 1.82) is 0 Å². The van der Waals surface area contributed by atoms with Crippen molar-refractivity contribution in [2.45, 2.75) is 30.5 Å². The van der Waals surface area contributed by atoms with Crippen LogP contribution in [0, 0.1) is 29.4 Å². The van der Waals surface area contributed by atoms with Gasteiger partial charge < -0.3 is 0 Å². The van der Waals surface area contributed by atoms with E-state index in [1.807, 2.05) is 0 Å². The third-order valence-corrected chi connectivity index (χ3v) is 5.60. The molecule has 1 aromatic rings. The fraction of sp³-hybridized carbons (Fsp3) is 0.571. The van der Waals surface area contributed by atoms with Gasteiger partial charge in [0, 0.05) is 10.4 Å². The van der Waals surface area contributed by atoms with Crippen LogP contribution in [-0.2, 0) is 0 Å². The summed E-state index contributed by atoms with van der Waals surface area (Å²) in [5.74, 6) is 1.35. The van der Waals surface area contributed by atoms with E-state index in [0.717, 1.165) is 12.3 Å². The lowest BCUT2D eigenvalue weighted by Gasteiger charge is -2.27. The molecule has 2 bridgehead atoms. The van der Waals surface area contributed by atoms with E-state index in [1.165, 1.54) is 37.5 Å². The average Bonchev–Trinajstić information content (AvgIpc) is 2.93. The molecule has 0 heterocycles. The van der Waals surface area contributed by atoms with Crippen LogP contribution in [0.2, 0.25) is 0 Å². The van der Waals surface area contributed by atoms with Crippen LogP contribution in [0.5, 0.6) is 0 Å². The lowest BCUT2D eigenvalue weighted by molar-refractivity contribution is 0.326. The van der Waals surface area contributed by atoms with E-state index in [1.54, 1.807) is 0 Å². The van der Waals surface area contributed by atoms with E-state index < -0.39 is 0 Å². The zero-order chi connectivity index (χ0) is 12.0. The summed E-state index contributed by atoms with van der Waals surface area (Å²) in [7, 11) is 0. The first kappa shape index (κ1) is 11.6. The minimum absolute atomic E-state index is 0.0338. The van der Waals surface area contributed by atoms with Gasteiger partial charge in [-0.25, -0.2) is 8.78 Å². The van der Waals surface area contributed by atoms with Gasteiger partial charge in [-0.1, -0.05) is 22.4 Å². The molecular formula is C14H15BrF2. The molecule has 1 aromatic carbocycles. The summed E-state index contributed by atoms with van der Waals surface area (Å²) in [6.45, 7) is 0. The number of fused-ring (bicyclic) bond motifs is 2. The van der Waals surface area contributed by atoms with Gasteiger partial charge in [-0.15, -0.1) is 0 Å². The molecule has 0 nitrogen and oxygen atoms in total. The summed E-state index contributed by atoms with van der Waals surface area (Å²) in [5.41, 5.74) is 0.488. The molecule has 2 aliphatic carbocycles. The summed E-state index contributed by atoms with van der Waals surface area (Å²) in [5, 5.41) is 0. The number of rotatable bonds is 2. The van der Waals surface area contributed by atoms with E-state index in [4.69, 9.17) is 0 Å². The van der Waals surface area contributed by atoms with E-state index in [2.05, 4.69) is 15.9 Å². The maximum absolute atomic E-state index is 13.7. The standard InChI is InChI=1S/C14H15BrF2/c15-14(11-6-8-1-2-9(11)5-8)12-7-10(16)3-4-13(12)17/h3-4,7-9,11,14H,1-2,5-6H2. The molecular weight excluding hydrogens is 286 g/mol. The summed E-state index contributed by atoms with van der Waals surface area (Å²) >= 11 is 3.59. The van der Waals surface area contributed by atoms with Crippen molar-refractivity contribution in [3.05, 3.63) is 35.4 Å². The first-order valence-corrected chi connectivity index (χ1v) is 7.15. The number of halogens is 3. The Hall–Kier alpha value is -0.440. The first-order chi connectivity index (χ1) is 8.15. The summed E-state index contributed by atoms with van der Waals surface area (Å²) in [4.78, 5) is -0.0338. The van der Waals surface area contributed by atoms with Gasteiger partial charge in [-0.2, -0.15) is 0 Å². The van der Waals surface area contributed by atoms with Crippen LogP contribution in [0.25, 0.3) is 0 Å². The quantitative estimate of drug-likeness (QED) is 0.686. The molecule has 2 saturated carbocycles. The summed E-state index contributed by atoms with van der Waals surface area (Å²) in [6, 6.07) is 3.74. The molecule has 3 heteroatoms. The number of alkyl halides is 1. The highest BCUT2D eigenvalue weighted by molar-refractivity contribution is 9.09. The van der Waals surface area contributed by atoms with Crippen molar-refractivity contribution in [2.24, 2.45) is 17.8 Å². The fourth-order valence-corrected chi connectivity index (χ4v) is 4.61. The molecule has 0 amide bonds. The molecule has 92 valence electrons. The van der Waals surface area contributed by atoms with E-state index in [9.17, 15) is 8.78 Å². The summed E-state index contributed by atoms with van der Waals surface area (Å²) in [6.07, 6.45) is 5.03. The lowest BCUT2D eigenvalue weighted by atomic mass is 9.84. The molecule has 2 aliphatic rings. The average molecular weight is 301 g/mol. The Labute approximate surface area is 109 Å². The monoisotopic (exact) mass is 300 g/mol. The Morgan fingerprint density at radius 3 is 2.65 bits per heavy atom. The zero-order valence-corrected chi connectivity index (χ0v) is 11.1. The second kappa shape index (κ2) is 4.34. The molecule has 2 fully saturated rings. The molecule has 0 saturated heterocycles. The van der Waals surface area contributed by atoms with Crippen LogP contribution in [0.15, 0.2) is 18.2 Å². The van der Waals surface area contributed by atoms with Crippen molar-refractivity contribution in [2.75, 3.05) is 0 Å². The molecule has 17 heavy (non-hydrogen) atoms. The van der Waals surface area contributed by atoms with Crippen LogP contribution in [0.4, 0.5) is 8.78 Å². The Morgan fingerprint density at radius 1 is 1.18 bits per heavy atom. The van der Waals surface area contributed by atoms with Crippen LogP contribution in [-0.4, -0.2) is 0 Å². The highest BCUT2D eigenvalue weighted by atomic mass is 79.9. The highest BCUT2D eigenvalue weighted by Gasteiger charge is 2.43. The number of hydrogen-bond acceptors (Lipinski definition) is 0. The van der Waals surface area contributed by atoms with Gasteiger partial charge in [0.25, 0.3) is 0 Å². The van der Waals surface area contributed by atoms with Crippen molar-refractivity contribution < 1.29 is 8.78 Å². The Bertz CT molecular complexity index is 432. The van der Waals surface area contributed by atoms with E-state index >= 15 is 0 Å². The third-order valence-electron chi connectivity index (χ3n) is 4.42. The number of hydrogen-bond donors (Lipinski definition) is 0. The van der Waals surface area contributed by atoms with Gasteiger partial charge >= 0.3 is 0 Å². The minimum Gasteiger partial charge on any atom is -0.207 e. The fourth-order valence-electron chi connectivity index (χ4n) is 3.61. The lowest BCUT2D eigenvalue weighted by Crippen LogP contribution is -2.16. The van der Waals surface area contributed by atoms with Crippen LogP contribution >= 0.6 is 15.9 Å². The second-order valence-electron chi connectivity index (χ2n) is 5.41. The maximum Gasteiger partial charge on any atom is 0.127 e. The molecule has 3 rings (SSSR count). The van der Waals surface area contributed by atoms with E-state index in [0.29, 0.717) is 17.4 Å². The SMILES string of the molecule is Fc1ccc(F)c(C(Br)C2CC3CCC2C3)c1. The minimum atomic E-state index is -0.353. The third kappa shape index (κ3) is 2.03. The van der Waals surface area contributed by atoms with Gasteiger partial charge in [0.05, 0.1) is 0 Å². The maximum atomic E-state index is 13.7. The Balaban J connectivity index is 1.86. The Morgan fingerprint density at radius 2 is 2.00 bits per heavy atom. The number of benzene rings is 1. The van der Waals surface area contributed by atoms with Crippen LogP contribution < -0.4 is 0 Å². The van der Waals surface area contributed by atoms with Crippen LogP contribution in [0.3, 0.4) is 0 Å². The molecule has 0 spiro atoms. The zero-order valence-electron chi connectivity index (χ0n) is 9.50. The highest BCUT2D eigenvalue weighted by Crippen LogP contribution is 2.55. The van der Waals surface area contributed by atoms with E-state index in [-0.39, 0.29) is 16.5 Å². The van der Waals surface area contributed by atoms with Gasteiger partial charge in [0.1, 0.15) is 11.6 Å². The topological polar surface area (TPSA) is 0 Å². The van der Waals surface area contributed by atoms with Crippen molar-refractivity contribution in [1.82, 2.24) is 0 Å². The summed E-state index contributed by atoms with van der Waals surface area (Å²) < 4.78 is 26.9. The normalized spacial score (nSPS) is 33.0. The molecule has 4 unspecified atom stereocenters. The Kier molecular flexibility index (Phi) is 2.97. The van der Waals surface area contributed by atoms with Crippen molar-refractivity contribution in [3.8, 4) is 0 Å².